The molecule has 30 heavy (non-hydrogen) atoms. The fourth-order valence-electron chi connectivity index (χ4n) is 5.63. The summed E-state index contributed by atoms with van der Waals surface area (Å²) in [5.74, 6) is 0.822. The summed E-state index contributed by atoms with van der Waals surface area (Å²) in [5, 5.41) is 0. The van der Waals surface area contributed by atoms with Crippen LogP contribution in [0.3, 0.4) is 0 Å². The molecule has 0 aromatic heterocycles. The highest BCUT2D eigenvalue weighted by molar-refractivity contribution is 5.35. The van der Waals surface area contributed by atoms with Crippen LogP contribution < -0.4 is 0 Å². The van der Waals surface area contributed by atoms with E-state index in [9.17, 15) is 4.39 Å². The van der Waals surface area contributed by atoms with E-state index < -0.39 is 0 Å². The van der Waals surface area contributed by atoms with Crippen LogP contribution in [0.15, 0.2) is 48.5 Å². The first-order chi connectivity index (χ1) is 14.6. The SMILES string of the molecule is CCN1CCCC[C@H]1CN1CCC(C(c2ccc(C)cc2)c2ccc(F)cc2)CC1. The van der Waals surface area contributed by atoms with Crippen LogP contribution in [0.1, 0.15) is 61.6 Å². The van der Waals surface area contributed by atoms with Crippen LogP contribution in [0.5, 0.6) is 0 Å². The fraction of sp³-hybridized carbons (Fsp3) is 0.556. The monoisotopic (exact) mass is 408 g/mol. The standard InChI is InChI=1S/C27H37FN2/c1-3-30-17-5-4-6-26(30)20-29-18-15-24(16-19-29)27(22-9-7-21(2)8-10-22)23-11-13-25(28)14-12-23/h7-14,24,26-27H,3-6,15-20H2,1-2H3/t26-,27?/m0/s1. The van der Waals surface area contributed by atoms with Gasteiger partial charge in [0.15, 0.2) is 0 Å². The van der Waals surface area contributed by atoms with E-state index in [0.29, 0.717) is 11.8 Å². The third-order valence-corrected chi connectivity index (χ3v) is 7.39. The molecule has 4 rings (SSSR count). The first-order valence-corrected chi connectivity index (χ1v) is 11.9. The lowest BCUT2D eigenvalue weighted by atomic mass is 9.76. The molecule has 2 nitrogen and oxygen atoms in total. The van der Waals surface area contributed by atoms with Crippen molar-refractivity contribution >= 4 is 0 Å². The molecule has 2 fully saturated rings. The van der Waals surface area contributed by atoms with Gasteiger partial charge in [-0.2, -0.15) is 0 Å². The number of piperidine rings is 2. The lowest BCUT2D eigenvalue weighted by Crippen LogP contribution is -2.48. The van der Waals surface area contributed by atoms with Crippen LogP contribution >= 0.6 is 0 Å². The largest absolute Gasteiger partial charge is 0.302 e. The number of hydrogen-bond donors (Lipinski definition) is 0. The van der Waals surface area contributed by atoms with Gasteiger partial charge in [-0.15, -0.1) is 0 Å². The van der Waals surface area contributed by atoms with E-state index in [-0.39, 0.29) is 5.82 Å². The Labute approximate surface area is 182 Å². The second kappa shape index (κ2) is 10.1. The van der Waals surface area contributed by atoms with Gasteiger partial charge in [0.05, 0.1) is 0 Å². The van der Waals surface area contributed by atoms with Crippen molar-refractivity contribution in [3.63, 3.8) is 0 Å². The summed E-state index contributed by atoms with van der Waals surface area (Å²) in [6.45, 7) is 10.5. The summed E-state index contributed by atoms with van der Waals surface area (Å²) in [4.78, 5) is 5.38. The van der Waals surface area contributed by atoms with E-state index in [0.717, 1.165) is 6.04 Å². The van der Waals surface area contributed by atoms with Crippen molar-refractivity contribution in [2.45, 2.75) is 57.9 Å². The summed E-state index contributed by atoms with van der Waals surface area (Å²) in [6, 6.07) is 16.9. The van der Waals surface area contributed by atoms with Gasteiger partial charge < -0.3 is 4.90 Å². The Bertz CT molecular complexity index is 732. The van der Waals surface area contributed by atoms with Gasteiger partial charge in [0, 0.05) is 18.5 Å². The summed E-state index contributed by atoms with van der Waals surface area (Å²) in [7, 11) is 0. The minimum absolute atomic E-state index is 0.149. The van der Waals surface area contributed by atoms with E-state index in [1.807, 2.05) is 12.1 Å². The van der Waals surface area contributed by atoms with Crippen molar-refractivity contribution in [1.29, 1.82) is 0 Å². The van der Waals surface area contributed by atoms with E-state index in [2.05, 4.69) is 47.9 Å². The van der Waals surface area contributed by atoms with Crippen molar-refractivity contribution in [3.05, 3.63) is 71.0 Å². The van der Waals surface area contributed by atoms with Crippen molar-refractivity contribution in [1.82, 2.24) is 9.80 Å². The molecule has 0 aliphatic carbocycles. The Morgan fingerprint density at radius 3 is 2.13 bits per heavy atom. The number of aryl methyl sites for hydroxylation is 1. The molecule has 2 heterocycles. The molecule has 2 atom stereocenters. The molecule has 0 spiro atoms. The van der Waals surface area contributed by atoms with Crippen LogP contribution in [-0.2, 0) is 0 Å². The molecule has 3 heteroatoms. The molecular weight excluding hydrogens is 371 g/mol. The van der Waals surface area contributed by atoms with Crippen LogP contribution in [0.2, 0.25) is 0 Å². The summed E-state index contributed by atoms with van der Waals surface area (Å²) in [6.07, 6.45) is 6.54. The second-order valence-corrected chi connectivity index (χ2v) is 9.36. The molecule has 2 saturated heterocycles. The minimum atomic E-state index is -0.149. The van der Waals surface area contributed by atoms with E-state index in [1.54, 1.807) is 12.1 Å². The molecule has 2 aliphatic rings. The Morgan fingerprint density at radius 2 is 1.50 bits per heavy atom. The lowest BCUT2D eigenvalue weighted by molar-refractivity contribution is 0.0878. The molecular formula is C27H37FN2. The number of likely N-dealkylation sites (N-methyl/N-ethyl adjacent to an activating group) is 1. The number of rotatable bonds is 6. The molecule has 162 valence electrons. The van der Waals surface area contributed by atoms with Crippen molar-refractivity contribution in [3.8, 4) is 0 Å². The lowest BCUT2D eigenvalue weighted by Gasteiger charge is -2.41. The Morgan fingerprint density at radius 1 is 0.867 bits per heavy atom. The number of benzene rings is 2. The zero-order valence-corrected chi connectivity index (χ0v) is 18.7. The van der Waals surface area contributed by atoms with Crippen LogP contribution in [0, 0.1) is 18.7 Å². The van der Waals surface area contributed by atoms with Gasteiger partial charge in [0.25, 0.3) is 0 Å². The second-order valence-electron chi connectivity index (χ2n) is 9.36. The smallest absolute Gasteiger partial charge is 0.123 e. The van der Waals surface area contributed by atoms with Gasteiger partial charge >= 0.3 is 0 Å². The van der Waals surface area contributed by atoms with Gasteiger partial charge in [-0.05, 0) is 88.0 Å². The van der Waals surface area contributed by atoms with Gasteiger partial charge in [-0.1, -0.05) is 55.3 Å². The van der Waals surface area contributed by atoms with Gasteiger partial charge in [-0.3, -0.25) is 4.90 Å². The molecule has 0 bridgehead atoms. The first kappa shape index (κ1) is 21.5. The van der Waals surface area contributed by atoms with Gasteiger partial charge in [0.1, 0.15) is 5.82 Å². The minimum Gasteiger partial charge on any atom is -0.302 e. The maximum Gasteiger partial charge on any atom is 0.123 e. The maximum absolute atomic E-state index is 13.6. The summed E-state index contributed by atoms with van der Waals surface area (Å²) >= 11 is 0. The third kappa shape index (κ3) is 5.12. The van der Waals surface area contributed by atoms with E-state index in [4.69, 9.17) is 0 Å². The summed E-state index contributed by atoms with van der Waals surface area (Å²) < 4.78 is 13.6. The van der Waals surface area contributed by atoms with Crippen LogP contribution in [0.25, 0.3) is 0 Å². The molecule has 0 N–H and O–H groups in total. The summed E-state index contributed by atoms with van der Waals surface area (Å²) in [5.41, 5.74) is 3.91. The molecule has 1 unspecified atom stereocenters. The van der Waals surface area contributed by atoms with E-state index >= 15 is 0 Å². The van der Waals surface area contributed by atoms with E-state index in [1.165, 1.54) is 81.5 Å². The highest BCUT2D eigenvalue weighted by atomic mass is 19.1. The fourth-order valence-corrected chi connectivity index (χ4v) is 5.63. The quantitative estimate of drug-likeness (QED) is 0.591. The molecule has 0 amide bonds. The average molecular weight is 409 g/mol. The number of nitrogens with zero attached hydrogens (tertiary/aromatic N) is 2. The Balaban J connectivity index is 1.45. The predicted molar refractivity (Wildman–Crippen MR) is 123 cm³/mol. The maximum atomic E-state index is 13.6. The highest BCUT2D eigenvalue weighted by Crippen LogP contribution is 2.38. The third-order valence-electron chi connectivity index (χ3n) is 7.39. The van der Waals surface area contributed by atoms with Gasteiger partial charge in [0.2, 0.25) is 0 Å². The predicted octanol–water partition coefficient (Wildman–Crippen LogP) is 5.85. The molecule has 2 aromatic rings. The molecule has 2 aromatic carbocycles. The number of halogens is 1. The van der Waals surface area contributed by atoms with Crippen molar-refractivity contribution in [2.24, 2.45) is 5.92 Å². The highest BCUT2D eigenvalue weighted by Gasteiger charge is 2.31. The molecule has 0 radical (unpaired) electrons. The van der Waals surface area contributed by atoms with Crippen molar-refractivity contribution in [2.75, 3.05) is 32.7 Å². The normalized spacial score (nSPS) is 22.8. The van der Waals surface area contributed by atoms with Gasteiger partial charge in [-0.25, -0.2) is 4.39 Å². The average Bonchev–Trinajstić information content (AvgIpc) is 2.78. The Kier molecular flexibility index (Phi) is 7.22. The Hall–Kier alpha value is -1.71. The first-order valence-electron chi connectivity index (χ1n) is 11.9. The number of likely N-dealkylation sites (tertiary alicyclic amines) is 2. The molecule has 2 aliphatic heterocycles. The molecule has 0 saturated carbocycles. The van der Waals surface area contributed by atoms with Crippen LogP contribution in [-0.4, -0.2) is 48.6 Å². The van der Waals surface area contributed by atoms with Crippen molar-refractivity contribution < 1.29 is 4.39 Å². The zero-order valence-electron chi connectivity index (χ0n) is 18.7. The number of hydrogen-bond acceptors (Lipinski definition) is 2. The van der Waals surface area contributed by atoms with Crippen LogP contribution in [0.4, 0.5) is 4.39 Å². The zero-order chi connectivity index (χ0) is 20.9. The topological polar surface area (TPSA) is 6.48 Å².